The lowest BCUT2D eigenvalue weighted by Gasteiger charge is -2.03. The van der Waals surface area contributed by atoms with E-state index in [9.17, 15) is 23.3 Å². The fraction of sp³-hybridized carbons (Fsp3) is 0.222. The number of non-ortho nitro benzene ring substituents is 1. The van der Waals surface area contributed by atoms with Crippen LogP contribution in [-0.4, -0.2) is 19.3 Å². The molecule has 0 aliphatic heterocycles. The van der Waals surface area contributed by atoms with Crippen LogP contribution >= 0.6 is 0 Å². The second-order valence-corrected chi connectivity index (χ2v) is 4.77. The van der Waals surface area contributed by atoms with Gasteiger partial charge in [-0.15, -0.1) is 0 Å². The van der Waals surface area contributed by atoms with Gasteiger partial charge in [0.1, 0.15) is 5.75 Å². The Balaban J connectivity index is 2.82. The van der Waals surface area contributed by atoms with Gasteiger partial charge in [-0.05, 0) is 5.56 Å². The highest BCUT2D eigenvalue weighted by molar-refractivity contribution is 7.86. The number of carbonyl (C=O) groups excluding carboxylic acids is 1. The first-order chi connectivity index (χ1) is 7.80. The summed E-state index contributed by atoms with van der Waals surface area (Å²) < 4.78 is 26.6. The summed E-state index contributed by atoms with van der Waals surface area (Å²) in [6.07, 6.45) is 0. The van der Waals surface area contributed by atoms with Crippen LogP contribution in [0.5, 0.6) is 0 Å². The Bertz CT molecular complexity index is 533. The van der Waals surface area contributed by atoms with Crippen LogP contribution in [0.2, 0.25) is 0 Å². The number of nitro benzene ring substituents is 1. The SMILES string of the molecule is CC(=O)OS(=O)(=O)Cc1ccc([N+](=O)[O-])cc1. The van der Waals surface area contributed by atoms with Crippen LogP contribution in [0.1, 0.15) is 12.5 Å². The number of hydrogen-bond donors (Lipinski definition) is 0. The first-order valence-electron chi connectivity index (χ1n) is 4.46. The van der Waals surface area contributed by atoms with E-state index >= 15 is 0 Å². The summed E-state index contributed by atoms with van der Waals surface area (Å²) in [6.45, 7) is 0.980. The van der Waals surface area contributed by atoms with Crippen LogP contribution < -0.4 is 0 Å². The van der Waals surface area contributed by atoms with E-state index in [1.807, 2.05) is 0 Å². The second kappa shape index (κ2) is 4.91. The van der Waals surface area contributed by atoms with Gasteiger partial charge in [-0.3, -0.25) is 14.9 Å². The summed E-state index contributed by atoms with van der Waals surface area (Å²) in [5, 5.41) is 10.4. The highest BCUT2D eigenvalue weighted by atomic mass is 32.2. The zero-order chi connectivity index (χ0) is 13.1. The Morgan fingerprint density at radius 1 is 1.35 bits per heavy atom. The summed E-state index contributed by atoms with van der Waals surface area (Å²) >= 11 is 0. The normalized spacial score (nSPS) is 10.9. The van der Waals surface area contributed by atoms with Crippen LogP contribution in [0.25, 0.3) is 0 Å². The minimum absolute atomic E-state index is 0.140. The van der Waals surface area contributed by atoms with Crippen LogP contribution in [0.4, 0.5) is 5.69 Å². The largest absolute Gasteiger partial charge is 0.346 e. The predicted molar refractivity (Wildman–Crippen MR) is 57.5 cm³/mol. The van der Waals surface area contributed by atoms with Crippen molar-refractivity contribution in [2.24, 2.45) is 0 Å². The molecular weight excluding hydrogens is 250 g/mol. The zero-order valence-corrected chi connectivity index (χ0v) is 9.64. The number of nitro groups is 1. The molecule has 17 heavy (non-hydrogen) atoms. The maximum absolute atomic E-state index is 11.3. The van der Waals surface area contributed by atoms with Crippen LogP contribution in [0.3, 0.4) is 0 Å². The van der Waals surface area contributed by atoms with Crippen LogP contribution in [0, 0.1) is 10.1 Å². The molecule has 0 spiro atoms. The number of benzene rings is 1. The van der Waals surface area contributed by atoms with Crippen LogP contribution in [-0.2, 0) is 24.8 Å². The third kappa shape index (κ3) is 4.19. The van der Waals surface area contributed by atoms with Gasteiger partial charge in [-0.2, -0.15) is 8.42 Å². The van der Waals surface area contributed by atoms with E-state index in [4.69, 9.17) is 0 Å². The van der Waals surface area contributed by atoms with E-state index in [1.54, 1.807) is 0 Å². The smallest absolute Gasteiger partial charge is 0.319 e. The molecule has 0 fully saturated rings. The van der Waals surface area contributed by atoms with Crippen molar-refractivity contribution in [2.75, 3.05) is 0 Å². The minimum Gasteiger partial charge on any atom is -0.346 e. The van der Waals surface area contributed by atoms with Crippen molar-refractivity contribution < 1.29 is 22.3 Å². The molecule has 1 aromatic rings. The Hall–Kier alpha value is -1.96. The average Bonchev–Trinajstić information content (AvgIpc) is 2.15. The quantitative estimate of drug-likeness (QED) is 0.453. The molecule has 0 unspecified atom stereocenters. The molecule has 0 radical (unpaired) electrons. The van der Waals surface area contributed by atoms with Crippen molar-refractivity contribution in [3.63, 3.8) is 0 Å². The molecule has 0 amide bonds. The number of rotatable bonds is 4. The van der Waals surface area contributed by atoms with Gasteiger partial charge in [-0.25, -0.2) is 0 Å². The Labute approximate surface area is 97.3 Å². The molecule has 92 valence electrons. The molecule has 0 heterocycles. The Morgan fingerprint density at radius 3 is 2.29 bits per heavy atom. The maximum Gasteiger partial charge on any atom is 0.319 e. The van der Waals surface area contributed by atoms with E-state index in [1.165, 1.54) is 24.3 Å². The Kier molecular flexibility index (Phi) is 3.79. The van der Waals surface area contributed by atoms with Gasteiger partial charge in [-0.1, -0.05) is 12.1 Å². The molecule has 0 aromatic heterocycles. The summed E-state index contributed by atoms with van der Waals surface area (Å²) in [4.78, 5) is 20.3. The number of carbonyl (C=O) groups is 1. The summed E-state index contributed by atoms with van der Waals surface area (Å²) in [5.74, 6) is -1.43. The molecule has 1 aromatic carbocycles. The third-order valence-corrected chi connectivity index (χ3v) is 2.91. The third-order valence-electron chi connectivity index (χ3n) is 1.73. The summed E-state index contributed by atoms with van der Waals surface area (Å²) in [6, 6.07) is 4.94. The van der Waals surface area contributed by atoms with E-state index in [2.05, 4.69) is 4.18 Å². The van der Waals surface area contributed by atoms with Crippen molar-refractivity contribution in [1.29, 1.82) is 0 Å². The highest BCUT2D eigenvalue weighted by Gasteiger charge is 2.16. The molecule has 0 atom stereocenters. The molecule has 0 N–H and O–H groups in total. The van der Waals surface area contributed by atoms with Crippen molar-refractivity contribution in [3.8, 4) is 0 Å². The highest BCUT2D eigenvalue weighted by Crippen LogP contribution is 2.14. The first kappa shape index (κ1) is 13.1. The standard InChI is InChI=1S/C9H9NO6S/c1-7(11)16-17(14,15)6-8-2-4-9(5-3-8)10(12)13/h2-5H,6H2,1H3. The average molecular weight is 259 g/mol. The first-order valence-corrected chi connectivity index (χ1v) is 6.04. The molecule has 7 nitrogen and oxygen atoms in total. The van der Waals surface area contributed by atoms with Gasteiger partial charge in [0, 0.05) is 19.1 Å². The van der Waals surface area contributed by atoms with E-state index < -0.39 is 26.8 Å². The van der Waals surface area contributed by atoms with Crippen molar-refractivity contribution in [1.82, 2.24) is 0 Å². The molecule has 0 aliphatic rings. The van der Waals surface area contributed by atoms with Gasteiger partial charge in [0.15, 0.2) is 0 Å². The number of hydrogen-bond acceptors (Lipinski definition) is 6. The fourth-order valence-corrected chi connectivity index (χ4v) is 2.14. The van der Waals surface area contributed by atoms with Crippen LogP contribution in [0.15, 0.2) is 24.3 Å². The Morgan fingerprint density at radius 2 is 1.88 bits per heavy atom. The molecule has 0 aliphatic carbocycles. The molecule has 0 bridgehead atoms. The fourth-order valence-electron chi connectivity index (χ4n) is 1.13. The van der Waals surface area contributed by atoms with E-state index in [0.29, 0.717) is 5.56 Å². The minimum atomic E-state index is -3.99. The van der Waals surface area contributed by atoms with Gasteiger partial charge in [0.05, 0.1) is 4.92 Å². The lowest BCUT2D eigenvalue weighted by molar-refractivity contribution is -0.384. The lowest BCUT2D eigenvalue weighted by Crippen LogP contribution is -2.12. The topological polar surface area (TPSA) is 104 Å². The summed E-state index contributed by atoms with van der Waals surface area (Å²) in [7, 11) is -3.99. The van der Waals surface area contributed by atoms with Crippen molar-refractivity contribution in [2.45, 2.75) is 12.7 Å². The van der Waals surface area contributed by atoms with Gasteiger partial charge < -0.3 is 4.18 Å². The summed E-state index contributed by atoms with van der Waals surface area (Å²) in [5.41, 5.74) is 0.162. The molecule has 8 heteroatoms. The second-order valence-electron chi connectivity index (χ2n) is 3.20. The molecule has 0 saturated carbocycles. The van der Waals surface area contributed by atoms with Gasteiger partial charge in [0.25, 0.3) is 5.69 Å². The monoisotopic (exact) mass is 259 g/mol. The van der Waals surface area contributed by atoms with E-state index in [0.717, 1.165) is 6.92 Å². The van der Waals surface area contributed by atoms with Gasteiger partial charge >= 0.3 is 16.1 Å². The van der Waals surface area contributed by atoms with E-state index in [-0.39, 0.29) is 5.69 Å². The van der Waals surface area contributed by atoms with Gasteiger partial charge in [0.2, 0.25) is 0 Å². The molecular formula is C9H9NO6S. The molecule has 0 saturated heterocycles. The van der Waals surface area contributed by atoms with Crippen molar-refractivity contribution >= 4 is 21.8 Å². The predicted octanol–water partition coefficient (Wildman–Crippen LogP) is 0.988. The van der Waals surface area contributed by atoms with Crippen molar-refractivity contribution in [3.05, 3.63) is 39.9 Å². The molecule has 1 rings (SSSR count). The maximum atomic E-state index is 11.3. The number of nitrogens with zero attached hydrogens (tertiary/aromatic N) is 1. The lowest BCUT2D eigenvalue weighted by atomic mass is 10.2. The zero-order valence-electron chi connectivity index (χ0n) is 8.82.